The Balaban J connectivity index is 1.57. The van der Waals surface area contributed by atoms with Gasteiger partial charge in [0, 0.05) is 44.4 Å². The summed E-state index contributed by atoms with van der Waals surface area (Å²) in [4.78, 5) is 26.6. The highest BCUT2D eigenvalue weighted by molar-refractivity contribution is 7.89. The van der Waals surface area contributed by atoms with E-state index in [1.54, 1.807) is 12.1 Å². The van der Waals surface area contributed by atoms with Gasteiger partial charge >= 0.3 is 5.97 Å². The van der Waals surface area contributed by atoms with Gasteiger partial charge in [0.1, 0.15) is 16.9 Å². The number of piperazine rings is 1. The monoisotopic (exact) mass is 525 g/mol. The van der Waals surface area contributed by atoms with E-state index in [-0.39, 0.29) is 23.5 Å². The first-order valence-corrected chi connectivity index (χ1v) is 13.6. The Morgan fingerprint density at radius 2 is 1.78 bits per heavy atom. The predicted molar refractivity (Wildman–Crippen MR) is 142 cm³/mol. The average molecular weight is 526 g/mol. The van der Waals surface area contributed by atoms with E-state index in [1.165, 1.54) is 6.07 Å². The van der Waals surface area contributed by atoms with E-state index in [9.17, 15) is 18.0 Å². The van der Waals surface area contributed by atoms with E-state index in [0.29, 0.717) is 6.42 Å². The van der Waals surface area contributed by atoms with E-state index in [4.69, 9.17) is 9.84 Å². The zero-order valence-corrected chi connectivity index (χ0v) is 21.5. The molecule has 0 aliphatic carbocycles. The van der Waals surface area contributed by atoms with Crippen LogP contribution < -0.4 is 14.4 Å². The van der Waals surface area contributed by atoms with Crippen LogP contribution in [0.25, 0.3) is 10.8 Å². The third-order valence-corrected chi connectivity index (χ3v) is 7.94. The Kier molecular flexibility index (Phi) is 8.42. The second kappa shape index (κ2) is 11.7. The Morgan fingerprint density at radius 1 is 1.05 bits per heavy atom. The second-order valence-corrected chi connectivity index (χ2v) is 10.8. The number of aldehydes is 1. The van der Waals surface area contributed by atoms with Gasteiger partial charge in [0.2, 0.25) is 10.0 Å². The number of hydrogen-bond donors (Lipinski definition) is 2. The van der Waals surface area contributed by atoms with Crippen LogP contribution in [-0.2, 0) is 26.0 Å². The second-order valence-electron chi connectivity index (χ2n) is 9.16. The molecule has 1 heterocycles. The summed E-state index contributed by atoms with van der Waals surface area (Å²) in [6.07, 6.45) is 0.192. The number of carboxylic acids is 1. The number of nitrogens with zero attached hydrogens (tertiary/aromatic N) is 2. The van der Waals surface area contributed by atoms with Gasteiger partial charge in [-0.15, -0.1) is 0 Å². The van der Waals surface area contributed by atoms with Gasteiger partial charge in [-0.05, 0) is 35.5 Å². The maximum Gasteiger partial charge on any atom is 0.305 e. The van der Waals surface area contributed by atoms with Gasteiger partial charge in [-0.2, -0.15) is 0 Å². The summed E-state index contributed by atoms with van der Waals surface area (Å²) >= 11 is 0. The zero-order chi connectivity index (χ0) is 26.4. The molecule has 1 fully saturated rings. The standard InChI is InChI=1S/C27H31N3O6S/c1-29-11-13-30(14-12-29)24-8-9-26(37(34,35)28-23(19-31)17-27(32)33)25(18-24)36-15-10-20-6-7-21-4-2-3-5-22(21)16-20/h2-9,16,18-19,23,28H,10-15,17H2,1H3,(H,32,33)/t23-/m0/s1. The summed E-state index contributed by atoms with van der Waals surface area (Å²) in [6.45, 7) is 3.59. The first kappa shape index (κ1) is 26.6. The van der Waals surface area contributed by atoms with Crippen LogP contribution in [-0.4, -0.2) is 76.6 Å². The number of carboxylic acid groups (broad SMARTS) is 1. The molecule has 2 N–H and O–H groups in total. The van der Waals surface area contributed by atoms with Crippen LogP contribution in [0.2, 0.25) is 0 Å². The number of aliphatic carboxylic acids is 1. The van der Waals surface area contributed by atoms with E-state index < -0.39 is 28.5 Å². The van der Waals surface area contributed by atoms with Crippen molar-refractivity contribution in [2.75, 3.05) is 44.7 Å². The summed E-state index contributed by atoms with van der Waals surface area (Å²) < 4.78 is 34.5. The normalized spacial score (nSPS) is 15.4. The van der Waals surface area contributed by atoms with Crippen molar-refractivity contribution in [1.29, 1.82) is 0 Å². The molecule has 0 radical (unpaired) electrons. The molecule has 4 rings (SSSR count). The van der Waals surface area contributed by atoms with E-state index in [0.717, 1.165) is 48.2 Å². The Bertz CT molecular complexity index is 1370. The lowest BCUT2D eigenvalue weighted by atomic mass is 10.1. The van der Waals surface area contributed by atoms with Gasteiger partial charge in [0.05, 0.1) is 19.1 Å². The number of carbonyl (C=O) groups is 2. The minimum Gasteiger partial charge on any atom is -0.492 e. The molecular weight excluding hydrogens is 494 g/mol. The van der Waals surface area contributed by atoms with Crippen molar-refractivity contribution < 1.29 is 27.9 Å². The van der Waals surface area contributed by atoms with Gasteiger partial charge in [0.15, 0.2) is 0 Å². The number of anilines is 1. The van der Waals surface area contributed by atoms with Crippen LogP contribution in [0.1, 0.15) is 12.0 Å². The fraction of sp³-hybridized carbons (Fsp3) is 0.333. The number of benzene rings is 3. The van der Waals surface area contributed by atoms with Gasteiger partial charge in [0.25, 0.3) is 0 Å². The smallest absolute Gasteiger partial charge is 0.305 e. The number of nitrogens with one attached hydrogen (secondary N) is 1. The number of sulfonamides is 1. The molecule has 3 aromatic rings. The molecule has 0 bridgehead atoms. The largest absolute Gasteiger partial charge is 0.492 e. The van der Waals surface area contributed by atoms with E-state index in [1.807, 2.05) is 36.4 Å². The lowest BCUT2D eigenvalue weighted by Gasteiger charge is -2.34. The maximum atomic E-state index is 13.2. The summed E-state index contributed by atoms with van der Waals surface area (Å²) in [6, 6.07) is 17.7. The highest BCUT2D eigenvalue weighted by Crippen LogP contribution is 2.30. The topological polar surface area (TPSA) is 116 Å². The van der Waals surface area contributed by atoms with Gasteiger partial charge in [-0.25, -0.2) is 13.1 Å². The van der Waals surface area contributed by atoms with Crippen molar-refractivity contribution in [3.63, 3.8) is 0 Å². The fourth-order valence-corrected chi connectivity index (χ4v) is 5.63. The predicted octanol–water partition coefficient (Wildman–Crippen LogP) is 2.53. The number of rotatable bonds is 11. The highest BCUT2D eigenvalue weighted by Gasteiger charge is 2.26. The minimum atomic E-state index is -4.22. The summed E-state index contributed by atoms with van der Waals surface area (Å²) in [7, 11) is -2.17. The zero-order valence-electron chi connectivity index (χ0n) is 20.7. The fourth-order valence-electron chi connectivity index (χ4n) is 4.33. The van der Waals surface area contributed by atoms with Gasteiger partial charge < -0.3 is 24.4 Å². The van der Waals surface area contributed by atoms with Gasteiger partial charge in [-0.3, -0.25) is 4.79 Å². The average Bonchev–Trinajstić information content (AvgIpc) is 2.88. The number of fused-ring (bicyclic) bond motifs is 1. The van der Waals surface area contributed by atoms with Crippen molar-refractivity contribution in [2.24, 2.45) is 0 Å². The molecule has 1 saturated heterocycles. The molecule has 1 aliphatic rings. The Morgan fingerprint density at radius 3 is 2.49 bits per heavy atom. The van der Waals surface area contributed by atoms with E-state index in [2.05, 4.69) is 27.6 Å². The first-order valence-electron chi connectivity index (χ1n) is 12.1. The van der Waals surface area contributed by atoms with Crippen molar-refractivity contribution in [2.45, 2.75) is 23.8 Å². The quantitative estimate of drug-likeness (QED) is 0.367. The molecule has 0 amide bonds. The molecule has 10 heteroatoms. The van der Waals surface area contributed by atoms with Crippen LogP contribution in [0.3, 0.4) is 0 Å². The number of likely N-dealkylation sites (N-methyl/N-ethyl adjacent to an activating group) is 1. The molecule has 0 aromatic heterocycles. The highest BCUT2D eigenvalue weighted by atomic mass is 32.2. The lowest BCUT2D eigenvalue weighted by Crippen LogP contribution is -2.44. The van der Waals surface area contributed by atoms with Crippen molar-refractivity contribution in [3.8, 4) is 5.75 Å². The van der Waals surface area contributed by atoms with E-state index >= 15 is 0 Å². The molecule has 0 unspecified atom stereocenters. The summed E-state index contributed by atoms with van der Waals surface area (Å²) in [5, 5.41) is 11.2. The van der Waals surface area contributed by atoms with Crippen LogP contribution in [0.4, 0.5) is 5.69 Å². The van der Waals surface area contributed by atoms with Crippen molar-refractivity contribution in [3.05, 3.63) is 66.2 Å². The molecule has 9 nitrogen and oxygen atoms in total. The van der Waals surface area contributed by atoms with Crippen LogP contribution >= 0.6 is 0 Å². The molecule has 37 heavy (non-hydrogen) atoms. The molecule has 1 atom stereocenters. The summed E-state index contributed by atoms with van der Waals surface area (Å²) in [5.41, 5.74) is 1.89. The Labute approximate surface area is 216 Å². The Hall–Kier alpha value is -3.47. The molecule has 0 spiro atoms. The third kappa shape index (κ3) is 6.85. The number of hydrogen-bond acceptors (Lipinski definition) is 7. The third-order valence-electron chi connectivity index (χ3n) is 6.41. The van der Waals surface area contributed by atoms with Crippen molar-refractivity contribution >= 4 is 38.7 Å². The first-order chi connectivity index (χ1) is 17.7. The molecular formula is C27H31N3O6S. The lowest BCUT2D eigenvalue weighted by molar-refractivity contribution is -0.138. The molecule has 3 aromatic carbocycles. The number of ether oxygens (including phenoxy) is 1. The molecule has 0 saturated carbocycles. The maximum absolute atomic E-state index is 13.2. The van der Waals surface area contributed by atoms with Crippen LogP contribution in [0.15, 0.2) is 65.6 Å². The molecule has 1 aliphatic heterocycles. The van der Waals surface area contributed by atoms with Crippen LogP contribution in [0, 0.1) is 0 Å². The number of carbonyl (C=O) groups excluding carboxylic acids is 1. The summed E-state index contributed by atoms with van der Waals surface area (Å²) in [5.74, 6) is -1.12. The minimum absolute atomic E-state index is 0.138. The van der Waals surface area contributed by atoms with Crippen LogP contribution in [0.5, 0.6) is 5.75 Å². The SMILES string of the molecule is CN1CCN(c2ccc(S(=O)(=O)N[C@H](C=O)CC(=O)O)c(OCCc3ccc4ccccc4c3)c2)CC1. The van der Waals surface area contributed by atoms with Gasteiger partial charge in [-0.1, -0.05) is 42.5 Å². The molecule has 196 valence electrons. The van der Waals surface area contributed by atoms with Crippen molar-refractivity contribution in [1.82, 2.24) is 9.62 Å².